The van der Waals surface area contributed by atoms with Crippen molar-refractivity contribution < 1.29 is 10.2 Å². The molecule has 1 saturated carbocycles. The minimum absolute atomic E-state index is 0.0308. The van der Waals surface area contributed by atoms with Crippen LogP contribution in [-0.4, -0.2) is 22.9 Å². The van der Waals surface area contributed by atoms with Crippen molar-refractivity contribution in [2.75, 3.05) is 6.61 Å². The van der Waals surface area contributed by atoms with E-state index in [1.807, 2.05) is 0 Å². The van der Waals surface area contributed by atoms with Crippen LogP contribution in [0.25, 0.3) is 0 Å². The van der Waals surface area contributed by atoms with Gasteiger partial charge in [0.1, 0.15) is 0 Å². The third kappa shape index (κ3) is 4.84. The first kappa shape index (κ1) is 14.0. The van der Waals surface area contributed by atoms with Gasteiger partial charge in [-0.3, -0.25) is 0 Å². The summed E-state index contributed by atoms with van der Waals surface area (Å²) >= 11 is 0. The van der Waals surface area contributed by atoms with E-state index in [4.69, 9.17) is 5.11 Å². The van der Waals surface area contributed by atoms with E-state index in [1.54, 1.807) is 0 Å². The number of rotatable bonds is 6. The van der Waals surface area contributed by atoms with Gasteiger partial charge in [0.2, 0.25) is 0 Å². The molecule has 0 heterocycles. The summed E-state index contributed by atoms with van der Waals surface area (Å²) in [6.45, 7) is 4.91. The molecule has 0 aromatic carbocycles. The van der Waals surface area contributed by atoms with Crippen molar-refractivity contribution >= 4 is 0 Å². The normalized spacial score (nSPS) is 30.0. The van der Waals surface area contributed by atoms with Gasteiger partial charge < -0.3 is 10.2 Å². The smallest absolute Gasteiger partial charge is 0.0540 e. The van der Waals surface area contributed by atoms with Crippen molar-refractivity contribution in [3.05, 3.63) is 0 Å². The molecule has 0 aromatic heterocycles. The molecule has 1 fully saturated rings. The molecule has 0 amide bonds. The Morgan fingerprint density at radius 2 is 1.62 bits per heavy atom. The van der Waals surface area contributed by atoms with Gasteiger partial charge in [0, 0.05) is 6.61 Å². The van der Waals surface area contributed by atoms with Gasteiger partial charge in [-0.2, -0.15) is 0 Å². The Labute approximate surface area is 100 Å². The van der Waals surface area contributed by atoms with Crippen molar-refractivity contribution in [3.8, 4) is 0 Å². The molecule has 0 saturated heterocycles. The lowest BCUT2D eigenvalue weighted by molar-refractivity contribution is 0.0907. The molecule has 0 spiro atoms. The minimum atomic E-state index is -0.0308. The monoisotopic (exact) mass is 228 g/mol. The second-order valence-electron chi connectivity index (χ2n) is 5.74. The molecule has 1 aliphatic carbocycles. The van der Waals surface area contributed by atoms with Crippen LogP contribution in [0.15, 0.2) is 0 Å². The summed E-state index contributed by atoms with van der Waals surface area (Å²) in [5.41, 5.74) is 0. The summed E-state index contributed by atoms with van der Waals surface area (Å²) < 4.78 is 0. The average molecular weight is 228 g/mol. The fourth-order valence-corrected chi connectivity index (χ4v) is 2.82. The molecular weight excluding hydrogens is 200 g/mol. The molecular formula is C14H28O2. The van der Waals surface area contributed by atoms with E-state index in [9.17, 15) is 5.11 Å². The predicted octanol–water partition coefficient (Wildman–Crippen LogP) is 2.97. The lowest BCUT2D eigenvalue weighted by Gasteiger charge is -2.30. The van der Waals surface area contributed by atoms with E-state index in [-0.39, 0.29) is 6.10 Å². The second-order valence-corrected chi connectivity index (χ2v) is 5.74. The van der Waals surface area contributed by atoms with Crippen LogP contribution >= 0.6 is 0 Å². The molecule has 2 heteroatoms. The minimum Gasteiger partial charge on any atom is -0.396 e. The van der Waals surface area contributed by atoms with Gasteiger partial charge in [-0.15, -0.1) is 0 Å². The zero-order valence-corrected chi connectivity index (χ0v) is 10.9. The molecule has 2 atom stereocenters. The van der Waals surface area contributed by atoms with E-state index in [0.29, 0.717) is 12.5 Å². The zero-order chi connectivity index (χ0) is 12.0. The third-order valence-corrected chi connectivity index (χ3v) is 4.28. The first-order chi connectivity index (χ1) is 7.63. The Hall–Kier alpha value is -0.0800. The predicted molar refractivity (Wildman–Crippen MR) is 67.2 cm³/mol. The largest absolute Gasteiger partial charge is 0.396 e. The van der Waals surface area contributed by atoms with E-state index in [1.165, 1.54) is 25.7 Å². The fraction of sp³-hybridized carbons (Fsp3) is 1.00. The molecule has 0 bridgehead atoms. The molecule has 1 rings (SSSR count). The van der Waals surface area contributed by atoms with Crippen LogP contribution in [-0.2, 0) is 0 Å². The van der Waals surface area contributed by atoms with Crippen LogP contribution in [0.3, 0.4) is 0 Å². The van der Waals surface area contributed by atoms with Crippen LogP contribution in [0, 0.1) is 17.8 Å². The van der Waals surface area contributed by atoms with Crippen molar-refractivity contribution in [2.45, 2.75) is 64.9 Å². The van der Waals surface area contributed by atoms with Crippen LogP contribution in [0.1, 0.15) is 58.8 Å². The van der Waals surface area contributed by atoms with Crippen molar-refractivity contribution in [3.63, 3.8) is 0 Å². The summed E-state index contributed by atoms with van der Waals surface area (Å²) in [7, 11) is 0. The zero-order valence-electron chi connectivity index (χ0n) is 10.9. The van der Waals surface area contributed by atoms with Crippen LogP contribution in [0.2, 0.25) is 0 Å². The average Bonchev–Trinajstić information content (AvgIpc) is 2.27. The summed E-state index contributed by atoms with van der Waals surface area (Å²) in [4.78, 5) is 0. The SMILES string of the molecule is CC(CCO)CCC(C)C1CCC(O)CC1. The highest BCUT2D eigenvalue weighted by atomic mass is 16.3. The number of aliphatic hydroxyl groups excluding tert-OH is 2. The maximum absolute atomic E-state index is 9.47. The molecule has 1 aliphatic rings. The van der Waals surface area contributed by atoms with Crippen LogP contribution in [0.5, 0.6) is 0 Å². The van der Waals surface area contributed by atoms with Gasteiger partial charge >= 0.3 is 0 Å². The summed E-state index contributed by atoms with van der Waals surface area (Å²) in [6, 6.07) is 0. The van der Waals surface area contributed by atoms with Gasteiger partial charge in [0.25, 0.3) is 0 Å². The summed E-state index contributed by atoms with van der Waals surface area (Å²) in [5.74, 6) is 2.26. The Morgan fingerprint density at radius 1 is 1.00 bits per heavy atom. The second kappa shape index (κ2) is 7.29. The number of hydrogen-bond donors (Lipinski definition) is 2. The molecule has 2 unspecified atom stereocenters. The summed E-state index contributed by atoms with van der Waals surface area (Å²) in [5, 5.41) is 18.3. The van der Waals surface area contributed by atoms with Crippen molar-refractivity contribution in [1.29, 1.82) is 0 Å². The molecule has 2 N–H and O–H groups in total. The van der Waals surface area contributed by atoms with Crippen molar-refractivity contribution in [1.82, 2.24) is 0 Å². The Balaban J connectivity index is 2.16. The molecule has 0 aliphatic heterocycles. The first-order valence-corrected chi connectivity index (χ1v) is 6.92. The first-order valence-electron chi connectivity index (χ1n) is 6.92. The van der Waals surface area contributed by atoms with Gasteiger partial charge in [0.15, 0.2) is 0 Å². The van der Waals surface area contributed by atoms with Crippen LogP contribution < -0.4 is 0 Å². The highest BCUT2D eigenvalue weighted by Gasteiger charge is 2.23. The highest BCUT2D eigenvalue weighted by Crippen LogP contribution is 2.33. The number of hydrogen-bond acceptors (Lipinski definition) is 2. The van der Waals surface area contributed by atoms with Crippen LogP contribution in [0.4, 0.5) is 0 Å². The maximum Gasteiger partial charge on any atom is 0.0540 e. The van der Waals surface area contributed by atoms with Gasteiger partial charge in [-0.1, -0.05) is 26.7 Å². The van der Waals surface area contributed by atoms with Gasteiger partial charge in [-0.05, 0) is 49.9 Å². The fourth-order valence-electron chi connectivity index (χ4n) is 2.82. The molecule has 2 nitrogen and oxygen atoms in total. The van der Waals surface area contributed by atoms with E-state index < -0.39 is 0 Å². The molecule has 96 valence electrons. The third-order valence-electron chi connectivity index (χ3n) is 4.28. The van der Waals surface area contributed by atoms with Gasteiger partial charge in [0.05, 0.1) is 6.10 Å². The van der Waals surface area contributed by atoms with Gasteiger partial charge in [-0.25, -0.2) is 0 Å². The topological polar surface area (TPSA) is 40.5 Å². The maximum atomic E-state index is 9.47. The highest BCUT2D eigenvalue weighted by molar-refractivity contribution is 4.75. The van der Waals surface area contributed by atoms with E-state index in [2.05, 4.69) is 13.8 Å². The molecule has 0 radical (unpaired) electrons. The molecule has 0 aromatic rings. The Kier molecular flexibility index (Phi) is 6.37. The van der Waals surface area contributed by atoms with E-state index in [0.717, 1.165) is 31.1 Å². The number of aliphatic hydroxyl groups is 2. The van der Waals surface area contributed by atoms with E-state index >= 15 is 0 Å². The quantitative estimate of drug-likeness (QED) is 0.734. The standard InChI is InChI=1S/C14H28O2/c1-11(9-10-15)3-4-12(2)13-5-7-14(16)8-6-13/h11-16H,3-10H2,1-2H3. The molecule has 16 heavy (non-hydrogen) atoms. The Bertz CT molecular complexity index is 174. The lowest BCUT2D eigenvalue weighted by Crippen LogP contribution is -2.23. The van der Waals surface area contributed by atoms with Crippen molar-refractivity contribution in [2.24, 2.45) is 17.8 Å². The Morgan fingerprint density at radius 3 is 2.19 bits per heavy atom. The lowest BCUT2D eigenvalue weighted by atomic mass is 9.77. The summed E-state index contributed by atoms with van der Waals surface area (Å²) in [6.07, 6.45) is 7.84.